The third-order valence-electron chi connectivity index (χ3n) is 8.76. The van der Waals surface area contributed by atoms with Gasteiger partial charge in [0.05, 0.1) is 30.6 Å². The zero-order chi connectivity index (χ0) is 27.7. The van der Waals surface area contributed by atoms with Crippen LogP contribution in [0.2, 0.25) is 0 Å². The summed E-state index contributed by atoms with van der Waals surface area (Å²) in [5.41, 5.74) is 4.11. The lowest BCUT2D eigenvalue weighted by Gasteiger charge is -2.52. The zero-order valence-corrected chi connectivity index (χ0v) is 22.7. The van der Waals surface area contributed by atoms with Crippen molar-refractivity contribution in [2.75, 3.05) is 50.2 Å². The van der Waals surface area contributed by atoms with Gasteiger partial charge in [0.25, 0.3) is 5.91 Å². The zero-order valence-electron chi connectivity index (χ0n) is 22.7. The Bertz CT molecular complexity index is 1400. The molecule has 5 heterocycles. The number of piperidine rings is 1. The molecule has 1 saturated heterocycles. The van der Waals surface area contributed by atoms with Crippen LogP contribution < -0.4 is 25.0 Å². The minimum absolute atomic E-state index is 0.0205. The highest BCUT2D eigenvalue weighted by atomic mass is 16.5. The molecule has 0 spiro atoms. The first kappa shape index (κ1) is 26.7. The Morgan fingerprint density at radius 3 is 2.95 bits per heavy atom. The number of hydrogen-bond donors (Lipinski definition) is 4. The van der Waals surface area contributed by atoms with E-state index < -0.39 is 0 Å². The molecule has 40 heavy (non-hydrogen) atoms. The summed E-state index contributed by atoms with van der Waals surface area (Å²) in [6.45, 7) is 2.40. The molecule has 6 rings (SSSR count). The van der Waals surface area contributed by atoms with E-state index in [1.165, 1.54) is 0 Å². The second-order valence-corrected chi connectivity index (χ2v) is 11.1. The van der Waals surface area contributed by atoms with Gasteiger partial charge < -0.3 is 35.2 Å². The number of hydrogen-bond acceptors (Lipinski definition) is 10. The Kier molecular flexibility index (Phi) is 7.43. The van der Waals surface area contributed by atoms with Crippen LogP contribution in [0.25, 0.3) is 11.0 Å². The molecule has 3 atom stereocenters. The van der Waals surface area contributed by atoms with Crippen molar-refractivity contribution in [2.45, 2.75) is 44.7 Å². The van der Waals surface area contributed by atoms with Crippen molar-refractivity contribution >= 4 is 28.4 Å². The first-order chi connectivity index (χ1) is 19.5. The molecule has 4 N–H and O–H groups in total. The van der Waals surface area contributed by atoms with Crippen molar-refractivity contribution < 1.29 is 24.5 Å². The summed E-state index contributed by atoms with van der Waals surface area (Å²) in [7, 11) is 1.60. The number of aromatic nitrogens is 3. The quantitative estimate of drug-likeness (QED) is 0.330. The molecule has 1 saturated carbocycles. The molecular formula is C29H36N6O5. The van der Waals surface area contributed by atoms with Crippen LogP contribution >= 0.6 is 0 Å². The van der Waals surface area contributed by atoms with Crippen molar-refractivity contribution in [3.63, 3.8) is 0 Å². The summed E-state index contributed by atoms with van der Waals surface area (Å²) in [6, 6.07) is 7.95. The van der Waals surface area contributed by atoms with Gasteiger partial charge in [0.1, 0.15) is 5.52 Å². The second kappa shape index (κ2) is 11.1. The van der Waals surface area contributed by atoms with Crippen LogP contribution in [0.4, 0.5) is 11.5 Å². The number of rotatable bonds is 8. The Morgan fingerprint density at radius 2 is 2.12 bits per heavy atom. The minimum atomic E-state index is -0.190. The van der Waals surface area contributed by atoms with E-state index in [9.17, 15) is 15.0 Å². The molecule has 1 amide bonds. The van der Waals surface area contributed by atoms with E-state index in [2.05, 4.69) is 25.5 Å². The van der Waals surface area contributed by atoms with E-state index in [1.807, 2.05) is 24.3 Å². The lowest BCUT2D eigenvalue weighted by atomic mass is 9.62. The average Bonchev–Trinajstić information content (AvgIpc) is 2.99. The molecule has 1 aliphatic carbocycles. The summed E-state index contributed by atoms with van der Waals surface area (Å²) in [4.78, 5) is 27.9. The minimum Gasteiger partial charge on any atom is -0.481 e. The van der Waals surface area contributed by atoms with Crippen molar-refractivity contribution in [3.8, 4) is 11.6 Å². The number of nitrogens with zero attached hydrogens (tertiary/aromatic N) is 4. The molecule has 3 aliphatic rings. The summed E-state index contributed by atoms with van der Waals surface area (Å²) in [5, 5.41) is 26.7. The average molecular weight is 549 g/mol. The fourth-order valence-corrected chi connectivity index (χ4v) is 6.60. The maximum Gasteiger partial charge on any atom is 0.263 e. The fraction of sp³-hybridized carbons (Fsp3) is 0.517. The molecular weight excluding hydrogens is 512 g/mol. The summed E-state index contributed by atoms with van der Waals surface area (Å²) in [5.74, 6) is 1.78. The van der Waals surface area contributed by atoms with Crippen LogP contribution in [0.1, 0.15) is 36.9 Å². The van der Waals surface area contributed by atoms with E-state index in [0.29, 0.717) is 42.4 Å². The molecule has 3 unspecified atom stereocenters. The van der Waals surface area contributed by atoms with Crippen molar-refractivity contribution in [1.82, 2.24) is 20.3 Å². The Hall–Kier alpha value is -3.54. The highest BCUT2D eigenvalue weighted by Crippen LogP contribution is 2.47. The second-order valence-electron chi connectivity index (χ2n) is 11.1. The van der Waals surface area contributed by atoms with Crippen molar-refractivity contribution in [2.24, 2.45) is 11.3 Å². The van der Waals surface area contributed by atoms with Crippen molar-refractivity contribution in [3.05, 3.63) is 41.7 Å². The van der Waals surface area contributed by atoms with Crippen LogP contribution in [0.15, 0.2) is 30.5 Å². The molecule has 212 valence electrons. The van der Waals surface area contributed by atoms with Crippen LogP contribution in [0.3, 0.4) is 0 Å². The van der Waals surface area contributed by atoms with Gasteiger partial charge in [0, 0.05) is 50.0 Å². The molecule has 2 aliphatic heterocycles. The number of aliphatic hydroxyl groups is 2. The van der Waals surface area contributed by atoms with Gasteiger partial charge in [0.15, 0.2) is 18.2 Å². The van der Waals surface area contributed by atoms with Crippen LogP contribution in [-0.4, -0.2) is 77.1 Å². The predicted octanol–water partition coefficient (Wildman–Crippen LogP) is 2.05. The Labute approximate surface area is 232 Å². The highest BCUT2D eigenvalue weighted by Gasteiger charge is 2.47. The SMILES string of the molecule is COc1cc(CCO)c2nccc(N3CCC4CC(NCc5ccc6c(n5)NC(=O)CO6)CCC4(CO)C3)c2n1. The number of pyridine rings is 3. The Morgan fingerprint density at radius 1 is 1.23 bits per heavy atom. The maximum atomic E-state index is 11.6. The van der Waals surface area contributed by atoms with Gasteiger partial charge in [-0.25, -0.2) is 9.97 Å². The highest BCUT2D eigenvalue weighted by molar-refractivity contribution is 5.94. The monoisotopic (exact) mass is 548 g/mol. The van der Waals surface area contributed by atoms with E-state index in [1.54, 1.807) is 13.3 Å². The van der Waals surface area contributed by atoms with Gasteiger partial charge in [0.2, 0.25) is 5.88 Å². The number of fused-ring (bicyclic) bond motifs is 3. The number of amides is 1. The van der Waals surface area contributed by atoms with Gasteiger partial charge in [-0.15, -0.1) is 0 Å². The lowest BCUT2D eigenvalue weighted by Crippen LogP contribution is -2.55. The molecule has 11 nitrogen and oxygen atoms in total. The number of nitrogens with one attached hydrogen (secondary N) is 2. The molecule has 0 aromatic carbocycles. The maximum absolute atomic E-state index is 11.6. The first-order valence-corrected chi connectivity index (χ1v) is 14.0. The molecule has 3 aromatic heterocycles. The number of aliphatic hydroxyl groups excluding tert-OH is 2. The van der Waals surface area contributed by atoms with Crippen LogP contribution in [0, 0.1) is 11.3 Å². The summed E-state index contributed by atoms with van der Waals surface area (Å²) >= 11 is 0. The normalized spacial score (nSPS) is 24.2. The van der Waals surface area contributed by atoms with Gasteiger partial charge >= 0.3 is 0 Å². The Balaban J connectivity index is 1.16. The van der Waals surface area contributed by atoms with Gasteiger partial charge in [-0.1, -0.05) is 0 Å². The van der Waals surface area contributed by atoms with Crippen molar-refractivity contribution in [1.29, 1.82) is 0 Å². The first-order valence-electron chi connectivity index (χ1n) is 14.0. The van der Waals surface area contributed by atoms with E-state index in [4.69, 9.17) is 14.5 Å². The van der Waals surface area contributed by atoms with Gasteiger partial charge in [-0.05, 0) is 61.8 Å². The fourth-order valence-electron chi connectivity index (χ4n) is 6.60. The number of methoxy groups -OCH3 is 1. The number of carbonyl (C=O) groups is 1. The van der Waals surface area contributed by atoms with Crippen LogP contribution in [-0.2, 0) is 17.8 Å². The van der Waals surface area contributed by atoms with E-state index in [-0.39, 0.29) is 31.1 Å². The molecule has 11 heteroatoms. The van der Waals surface area contributed by atoms with E-state index >= 15 is 0 Å². The van der Waals surface area contributed by atoms with E-state index in [0.717, 1.165) is 66.8 Å². The number of ether oxygens (including phenoxy) is 2. The standard InChI is InChI=1S/C29H36N6O5/c1-39-25-12-18(7-11-36)26-27(34-25)22(5-9-30-26)35-10-6-19-13-20(4-8-29(19,16-35)17-37)31-14-21-2-3-23-28(32-21)33-24(38)15-40-23/h2-3,5,9,12,19-20,31,36-37H,4,6-8,10-11,13-17H2,1H3,(H,32,33,38). The summed E-state index contributed by atoms with van der Waals surface area (Å²) < 4.78 is 10.9. The third kappa shape index (κ3) is 5.04. The molecule has 2 fully saturated rings. The topological polar surface area (TPSA) is 142 Å². The molecule has 0 radical (unpaired) electrons. The third-order valence-corrected chi connectivity index (χ3v) is 8.76. The molecule has 0 bridgehead atoms. The number of carbonyl (C=O) groups excluding carboxylic acids is 1. The van der Waals surface area contributed by atoms with Crippen LogP contribution in [0.5, 0.6) is 11.6 Å². The summed E-state index contributed by atoms with van der Waals surface area (Å²) in [6.07, 6.45) is 6.11. The smallest absolute Gasteiger partial charge is 0.263 e. The van der Waals surface area contributed by atoms with Gasteiger partial charge in [-0.2, -0.15) is 0 Å². The predicted molar refractivity (Wildman–Crippen MR) is 150 cm³/mol. The largest absolute Gasteiger partial charge is 0.481 e. The number of anilines is 2. The van der Waals surface area contributed by atoms with Gasteiger partial charge in [-0.3, -0.25) is 9.78 Å². The lowest BCUT2D eigenvalue weighted by molar-refractivity contribution is -0.118. The molecule has 3 aromatic rings.